The molecule has 4 atom stereocenters. The van der Waals surface area contributed by atoms with Gasteiger partial charge in [0.25, 0.3) is 5.91 Å². The van der Waals surface area contributed by atoms with E-state index in [2.05, 4.69) is 16.0 Å². The predicted octanol–water partition coefficient (Wildman–Crippen LogP) is 1.68. The first-order valence-corrected chi connectivity index (χ1v) is 10.3. The molecule has 170 valence electrons. The second-order valence-corrected chi connectivity index (χ2v) is 7.77. The third-order valence-electron chi connectivity index (χ3n) is 5.40. The minimum atomic E-state index is -1.87. The average Bonchev–Trinajstić information content (AvgIpc) is 2.94. The lowest BCUT2D eigenvalue weighted by atomic mass is 9.87. The molecule has 4 N–H and O–H groups in total. The first kappa shape index (κ1) is 23.3. The summed E-state index contributed by atoms with van der Waals surface area (Å²) >= 11 is 0. The zero-order chi connectivity index (χ0) is 23.3. The molecular weight excluding hydrogens is 420 g/mol. The highest BCUT2D eigenvalue weighted by atomic mass is 19.1. The average molecular weight is 445 g/mol. The van der Waals surface area contributed by atoms with E-state index in [1.807, 2.05) is 30.3 Å². The summed E-state index contributed by atoms with van der Waals surface area (Å²) in [7, 11) is 0. The van der Waals surface area contributed by atoms with Gasteiger partial charge in [0.2, 0.25) is 11.8 Å². The smallest absolute Gasteiger partial charge is 0.254 e. The van der Waals surface area contributed by atoms with E-state index in [0.29, 0.717) is 19.0 Å². The standard InChI is InChI=1S/C23H25F2N3O4/c1-13(27-23(32)20(29)15-10-16(24)12-17(25)11-15)21(30)28-19-18(8-5-9-26-22(19)31)14-6-3-2-4-7-14/h2-4,6-7,10-13,18-20,29H,5,8-9H2,1H3,(H,26,31)(H,27,32)(H,28,30)/t13-,18-,19-,20-/m0/s1. The number of aliphatic hydroxyl groups excluding tert-OH is 1. The van der Waals surface area contributed by atoms with Crippen molar-refractivity contribution in [2.45, 2.75) is 43.9 Å². The summed E-state index contributed by atoms with van der Waals surface area (Å²) in [6, 6.07) is 9.69. The predicted molar refractivity (Wildman–Crippen MR) is 112 cm³/mol. The molecule has 3 rings (SSSR count). The van der Waals surface area contributed by atoms with E-state index in [1.165, 1.54) is 6.92 Å². The van der Waals surface area contributed by atoms with Gasteiger partial charge in [-0.2, -0.15) is 0 Å². The number of nitrogens with one attached hydrogen (secondary N) is 3. The van der Waals surface area contributed by atoms with Crippen LogP contribution in [0.1, 0.15) is 42.9 Å². The van der Waals surface area contributed by atoms with Crippen molar-refractivity contribution >= 4 is 17.7 Å². The van der Waals surface area contributed by atoms with E-state index in [9.17, 15) is 28.3 Å². The fraction of sp³-hybridized carbons (Fsp3) is 0.348. The molecule has 2 aromatic carbocycles. The summed E-state index contributed by atoms with van der Waals surface area (Å²) in [4.78, 5) is 37.7. The van der Waals surface area contributed by atoms with E-state index >= 15 is 0 Å². The summed E-state index contributed by atoms with van der Waals surface area (Å²) < 4.78 is 26.7. The Labute approximate surface area is 184 Å². The molecule has 0 saturated carbocycles. The highest BCUT2D eigenvalue weighted by molar-refractivity contribution is 5.93. The van der Waals surface area contributed by atoms with Gasteiger partial charge in [-0.3, -0.25) is 14.4 Å². The van der Waals surface area contributed by atoms with E-state index in [1.54, 1.807) is 0 Å². The molecule has 0 unspecified atom stereocenters. The van der Waals surface area contributed by atoms with Gasteiger partial charge >= 0.3 is 0 Å². The molecular formula is C23H25F2N3O4. The monoisotopic (exact) mass is 445 g/mol. The number of carbonyl (C=O) groups excluding carboxylic acids is 3. The fourth-order valence-corrected chi connectivity index (χ4v) is 3.74. The Morgan fingerprint density at radius 1 is 1.09 bits per heavy atom. The Morgan fingerprint density at radius 2 is 1.75 bits per heavy atom. The van der Waals surface area contributed by atoms with Crippen molar-refractivity contribution in [1.82, 2.24) is 16.0 Å². The van der Waals surface area contributed by atoms with Crippen LogP contribution in [0.3, 0.4) is 0 Å². The van der Waals surface area contributed by atoms with E-state index in [0.717, 1.165) is 24.1 Å². The molecule has 3 amide bonds. The first-order valence-electron chi connectivity index (χ1n) is 10.3. The molecule has 0 bridgehead atoms. The molecule has 1 saturated heterocycles. The van der Waals surface area contributed by atoms with Gasteiger partial charge in [-0.05, 0) is 43.0 Å². The lowest BCUT2D eigenvalue weighted by molar-refractivity contribution is -0.135. The lowest BCUT2D eigenvalue weighted by Crippen LogP contribution is -2.54. The molecule has 1 heterocycles. The van der Waals surface area contributed by atoms with Crippen LogP contribution in [-0.4, -0.2) is 41.5 Å². The molecule has 0 aromatic heterocycles. The number of hydrogen-bond acceptors (Lipinski definition) is 4. The van der Waals surface area contributed by atoms with Gasteiger partial charge < -0.3 is 21.1 Å². The molecule has 2 aromatic rings. The second kappa shape index (κ2) is 10.3. The molecule has 0 aliphatic carbocycles. The third kappa shape index (κ3) is 5.67. The summed E-state index contributed by atoms with van der Waals surface area (Å²) in [5, 5.41) is 17.9. The molecule has 32 heavy (non-hydrogen) atoms. The van der Waals surface area contributed by atoms with Gasteiger partial charge in [0.15, 0.2) is 6.10 Å². The molecule has 9 heteroatoms. The Hall–Kier alpha value is -3.33. The van der Waals surface area contributed by atoms with Crippen molar-refractivity contribution in [1.29, 1.82) is 0 Å². The van der Waals surface area contributed by atoms with Gasteiger partial charge in [-0.25, -0.2) is 8.78 Å². The summed E-state index contributed by atoms with van der Waals surface area (Å²) in [6.07, 6.45) is -0.438. The molecule has 0 spiro atoms. The van der Waals surface area contributed by atoms with Gasteiger partial charge in [0.1, 0.15) is 23.7 Å². The highest BCUT2D eigenvalue weighted by Crippen LogP contribution is 2.27. The number of amides is 3. The quantitative estimate of drug-likeness (QED) is 0.543. The summed E-state index contributed by atoms with van der Waals surface area (Å²) in [5.41, 5.74) is 0.634. The van der Waals surface area contributed by atoms with Gasteiger partial charge in [0.05, 0.1) is 0 Å². The first-order chi connectivity index (χ1) is 15.3. The van der Waals surface area contributed by atoms with Gasteiger partial charge in [-0.1, -0.05) is 30.3 Å². The Morgan fingerprint density at radius 3 is 2.41 bits per heavy atom. The van der Waals surface area contributed by atoms with Crippen LogP contribution in [0, 0.1) is 11.6 Å². The molecule has 1 fully saturated rings. The normalized spacial score (nSPS) is 20.4. The van der Waals surface area contributed by atoms with Crippen molar-refractivity contribution in [2.24, 2.45) is 0 Å². The minimum Gasteiger partial charge on any atom is -0.378 e. The summed E-state index contributed by atoms with van der Waals surface area (Å²) in [6.45, 7) is 1.88. The van der Waals surface area contributed by atoms with Crippen molar-refractivity contribution in [3.05, 3.63) is 71.3 Å². The van der Waals surface area contributed by atoms with Gasteiger partial charge in [-0.15, -0.1) is 0 Å². The Kier molecular flexibility index (Phi) is 7.53. The van der Waals surface area contributed by atoms with Crippen LogP contribution in [0.15, 0.2) is 48.5 Å². The van der Waals surface area contributed by atoms with E-state index < -0.39 is 41.6 Å². The van der Waals surface area contributed by atoms with Crippen LogP contribution in [0.25, 0.3) is 0 Å². The van der Waals surface area contributed by atoms with Crippen LogP contribution in [0.4, 0.5) is 8.78 Å². The fourth-order valence-electron chi connectivity index (χ4n) is 3.74. The van der Waals surface area contributed by atoms with Crippen LogP contribution >= 0.6 is 0 Å². The lowest BCUT2D eigenvalue weighted by Gasteiger charge is -2.27. The number of aliphatic hydroxyl groups is 1. The summed E-state index contributed by atoms with van der Waals surface area (Å²) in [5.74, 6) is -4.07. The minimum absolute atomic E-state index is 0.244. The number of rotatable bonds is 6. The van der Waals surface area contributed by atoms with Gasteiger partial charge in [0, 0.05) is 18.5 Å². The molecule has 1 aliphatic rings. The molecule has 1 aliphatic heterocycles. The second-order valence-electron chi connectivity index (χ2n) is 7.77. The highest BCUT2D eigenvalue weighted by Gasteiger charge is 2.34. The number of halogens is 2. The number of benzene rings is 2. The maximum atomic E-state index is 13.4. The van der Waals surface area contributed by atoms with Crippen LogP contribution in [0.2, 0.25) is 0 Å². The van der Waals surface area contributed by atoms with Crippen molar-refractivity contribution in [2.75, 3.05) is 6.54 Å². The van der Waals surface area contributed by atoms with Crippen LogP contribution < -0.4 is 16.0 Å². The number of carbonyl (C=O) groups is 3. The van der Waals surface area contributed by atoms with Crippen molar-refractivity contribution in [3.8, 4) is 0 Å². The van der Waals surface area contributed by atoms with Crippen LogP contribution in [-0.2, 0) is 14.4 Å². The van der Waals surface area contributed by atoms with Crippen molar-refractivity contribution in [3.63, 3.8) is 0 Å². The zero-order valence-corrected chi connectivity index (χ0v) is 17.5. The van der Waals surface area contributed by atoms with Crippen molar-refractivity contribution < 1.29 is 28.3 Å². The zero-order valence-electron chi connectivity index (χ0n) is 17.5. The van der Waals surface area contributed by atoms with Crippen LogP contribution in [0.5, 0.6) is 0 Å². The largest absolute Gasteiger partial charge is 0.378 e. The SMILES string of the molecule is C[C@H](NC(=O)[C@@H](O)c1cc(F)cc(F)c1)C(=O)N[C@@H]1C(=O)NCCC[C@H]1c1ccccc1. The molecule has 7 nitrogen and oxygen atoms in total. The maximum Gasteiger partial charge on any atom is 0.254 e. The topological polar surface area (TPSA) is 108 Å². The third-order valence-corrected chi connectivity index (χ3v) is 5.40. The Balaban J connectivity index is 1.68. The molecule has 0 radical (unpaired) electrons. The maximum absolute atomic E-state index is 13.4. The Bertz CT molecular complexity index is 966. The number of hydrogen-bond donors (Lipinski definition) is 4. The van der Waals surface area contributed by atoms with E-state index in [4.69, 9.17) is 0 Å². The van der Waals surface area contributed by atoms with E-state index in [-0.39, 0.29) is 17.4 Å².